The van der Waals surface area contributed by atoms with Gasteiger partial charge in [0.05, 0.1) is 0 Å². The molecule has 21 heavy (non-hydrogen) atoms. The fraction of sp³-hybridized carbons (Fsp3) is 0.562. The zero-order valence-corrected chi connectivity index (χ0v) is 12.3. The third kappa shape index (κ3) is 3.23. The molecule has 112 valence electrons. The summed E-state index contributed by atoms with van der Waals surface area (Å²) in [5.41, 5.74) is 1.02. The van der Waals surface area contributed by atoms with Crippen molar-refractivity contribution < 1.29 is 4.79 Å². The van der Waals surface area contributed by atoms with Gasteiger partial charge in [-0.3, -0.25) is 9.59 Å². The Kier molecular flexibility index (Phi) is 3.90. The number of H-pyrrole nitrogens is 1. The SMILES string of the molecule is C[C@H](NC(=O)c1cnc(C2CC2)[nH]c1=O)C1=CCCCC1. The molecule has 0 saturated heterocycles. The minimum absolute atomic E-state index is 0.0275. The summed E-state index contributed by atoms with van der Waals surface area (Å²) in [7, 11) is 0. The molecule has 3 rings (SSSR count). The lowest BCUT2D eigenvalue weighted by atomic mass is 9.94. The molecule has 0 aromatic carbocycles. The quantitative estimate of drug-likeness (QED) is 0.834. The Morgan fingerprint density at radius 1 is 1.43 bits per heavy atom. The Labute approximate surface area is 123 Å². The minimum Gasteiger partial charge on any atom is -0.346 e. The monoisotopic (exact) mass is 287 g/mol. The van der Waals surface area contributed by atoms with Crippen molar-refractivity contribution in [3.63, 3.8) is 0 Å². The molecule has 2 aliphatic carbocycles. The summed E-state index contributed by atoms with van der Waals surface area (Å²) >= 11 is 0. The number of allylic oxidation sites excluding steroid dienone is 1. The van der Waals surface area contributed by atoms with Crippen molar-refractivity contribution in [3.05, 3.63) is 39.6 Å². The number of amides is 1. The van der Waals surface area contributed by atoms with Crippen LogP contribution in [-0.4, -0.2) is 21.9 Å². The molecule has 0 bridgehead atoms. The van der Waals surface area contributed by atoms with Gasteiger partial charge in [-0.05, 0) is 45.4 Å². The maximum Gasteiger partial charge on any atom is 0.263 e. The lowest BCUT2D eigenvalue weighted by Gasteiger charge is -2.20. The number of nitrogens with one attached hydrogen (secondary N) is 2. The van der Waals surface area contributed by atoms with E-state index in [1.807, 2.05) is 6.92 Å². The number of nitrogens with zero attached hydrogens (tertiary/aromatic N) is 1. The average Bonchev–Trinajstić information content (AvgIpc) is 3.32. The van der Waals surface area contributed by atoms with Crippen LogP contribution in [0.2, 0.25) is 0 Å². The second-order valence-electron chi connectivity index (χ2n) is 6.01. The van der Waals surface area contributed by atoms with Crippen molar-refractivity contribution in [2.45, 2.75) is 57.4 Å². The molecular weight excluding hydrogens is 266 g/mol. The standard InChI is InChI=1S/C16H21N3O2/c1-10(11-5-3-2-4-6-11)18-15(20)13-9-17-14(12-7-8-12)19-16(13)21/h5,9-10,12H,2-4,6-8H2,1H3,(H,18,20)(H,17,19,21)/t10-/m0/s1. The first-order chi connectivity index (χ1) is 10.1. The molecule has 5 nitrogen and oxygen atoms in total. The van der Waals surface area contributed by atoms with Gasteiger partial charge in [0.15, 0.2) is 0 Å². The molecule has 1 atom stereocenters. The molecule has 1 heterocycles. The van der Waals surface area contributed by atoms with Crippen LogP contribution in [0.1, 0.15) is 67.5 Å². The van der Waals surface area contributed by atoms with Gasteiger partial charge in [-0.15, -0.1) is 0 Å². The van der Waals surface area contributed by atoms with Gasteiger partial charge in [-0.1, -0.05) is 11.6 Å². The number of carbonyl (C=O) groups is 1. The summed E-state index contributed by atoms with van der Waals surface area (Å²) in [5, 5.41) is 2.90. The molecule has 2 N–H and O–H groups in total. The first-order valence-corrected chi connectivity index (χ1v) is 7.74. The van der Waals surface area contributed by atoms with Crippen LogP contribution in [0.25, 0.3) is 0 Å². The molecule has 0 aliphatic heterocycles. The maximum atomic E-state index is 12.2. The van der Waals surface area contributed by atoms with Crippen LogP contribution in [0.15, 0.2) is 22.6 Å². The minimum atomic E-state index is -0.343. The van der Waals surface area contributed by atoms with E-state index in [9.17, 15) is 9.59 Å². The van der Waals surface area contributed by atoms with Gasteiger partial charge in [-0.25, -0.2) is 4.98 Å². The van der Waals surface area contributed by atoms with Gasteiger partial charge in [0.25, 0.3) is 11.5 Å². The number of aromatic amines is 1. The second kappa shape index (κ2) is 5.84. The first-order valence-electron chi connectivity index (χ1n) is 7.74. The molecule has 0 unspecified atom stereocenters. The van der Waals surface area contributed by atoms with Crippen LogP contribution in [0.3, 0.4) is 0 Å². The van der Waals surface area contributed by atoms with Crippen molar-refractivity contribution in [1.29, 1.82) is 0 Å². The lowest BCUT2D eigenvalue weighted by molar-refractivity contribution is 0.0942. The van der Waals surface area contributed by atoms with Crippen molar-refractivity contribution in [2.24, 2.45) is 0 Å². The van der Waals surface area contributed by atoms with E-state index >= 15 is 0 Å². The van der Waals surface area contributed by atoms with E-state index < -0.39 is 0 Å². The molecular formula is C16H21N3O2. The zero-order chi connectivity index (χ0) is 14.8. The highest BCUT2D eigenvalue weighted by molar-refractivity contribution is 5.93. The van der Waals surface area contributed by atoms with Crippen LogP contribution in [0.4, 0.5) is 0 Å². The van der Waals surface area contributed by atoms with Crippen LogP contribution < -0.4 is 10.9 Å². The van der Waals surface area contributed by atoms with E-state index in [4.69, 9.17) is 0 Å². The highest BCUT2D eigenvalue weighted by atomic mass is 16.2. The normalized spacial score (nSPS) is 19.8. The molecule has 1 aromatic heterocycles. The number of hydrogen-bond donors (Lipinski definition) is 2. The van der Waals surface area contributed by atoms with Crippen LogP contribution in [0.5, 0.6) is 0 Å². The summed E-state index contributed by atoms with van der Waals surface area (Å²) in [4.78, 5) is 31.2. The van der Waals surface area contributed by atoms with Crippen LogP contribution >= 0.6 is 0 Å². The fourth-order valence-electron chi connectivity index (χ4n) is 2.76. The van der Waals surface area contributed by atoms with Gasteiger partial charge in [0.1, 0.15) is 11.4 Å². The Balaban J connectivity index is 1.70. The van der Waals surface area contributed by atoms with Gasteiger partial charge in [0, 0.05) is 18.2 Å². The number of hydrogen-bond acceptors (Lipinski definition) is 3. The van der Waals surface area contributed by atoms with E-state index in [1.165, 1.54) is 24.6 Å². The lowest BCUT2D eigenvalue weighted by Crippen LogP contribution is -2.37. The Bertz CT molecular complexity index is 629. The highest BCUT2D eigenvalue weighted by Gasteiger charge is 2.27. The van der Waals surface area contributed by atoms with Crippen molar-refractivity contribution in [3.8, 4) is 0 Å². The smallest absolute Gasteiger partial charge is 0.263 e. The third-order valence-electron chi connectivity index (χ3n) is 4.26. The van der Waals surface area contributed by atoms with Crippen molar-refractivity contribution >= 4 is 5.91 Å². The zero-order valence-electron chi connectivity index (χ0n) is 12.3. The largest absolute Gasteiger partial charge is 0.346 e. The number of carbonyl (C=O) groups excluding carboxylic acids is 1. The van der Waals surface area contributed by atoms with Crippen LogP contribution in [-0.2, 0) is 0 Å². The first kappa shape index (κ1) is 14.0. The number of rotatable bonds is 4. The van der Waals surface area contributed by atoms with Crippen LogP contribution in [0, 0.1) is 0 Å². The molecule has 0 spiro atoms. The molecule has 1 amide bonds. The third-order valence-corrected chi connectivity index (χ3v) is 4.26. The predicted octanol–water partition coefficient (Wildman–Crippen LogP) is 2.27. The topological polar surface area (TPSA) is 74.8 Å². The summed E-state index contributed by atoms with van der Waals surface area (Å²) in [6.07, 6.45) is 10.2. The van der Waals surface area contributed by atoms with E-state index in [2.05, 4.69) is 21.4 Å². The molecule has 2 aliphatic rings. The van der Waals surface area contributed by atoms with Gasteiger partial charge in [-0.2, -0.15) is 0 Å². The van der Waals surface area contributed by atoms with E-state index in [0.29, 0.717) is 11.7 Å². The molecule has 5 heteroatoms. The average molecular weight is 287 g/mol. The molecule has 1 aromatic rings. The second-order valence-corrected chi connectivity index (χ2v) is 6.01. The van der Waals surface area contributed by atoms with Crippen molar-refractivity contribution in [1.82, 2.24) is 15.3 Å². The van der Waals surface area contributed by atoms with E-state index in [1.54, 1.807) is 0 Å². The van der Waals surface area contributed by atoms with Crippen molar-refractivity contribution in [2.75, 3.05) is 0 Å². The summed E-state index contributed by atoms with van der Waals surface area (Å²) in [5.74, 6) is 0.741. The van der Waals surface area contributed by atoms with E-state index in [-0.39, 0.29) is 23.1 Å². The molecule has 1 saturated carbocycles. The molecule has 0 radical (unpaired) electrons. The van der Waals surface area contributed by atoms with Gasteiger partial charge in [0.2, 0.25) is 0 Å². The summed E-state index contributed by atoms with van der Waals surface area (Å²) in [6, 6.07) is -0.0275. The van der Waals surface area contributed by atoms with Gasteiger partial charge >= 0.3 is 0 Å². The van der Waals surface area contributed by atoms with E-state index in [0.717, 1.165) is 25.7 Å². The number of aromatic nitrogens is 2. The Morgan fingerprint density at radius 3 is 2.86 bits per heavy atom. The highest BCUT2D eigenvalue weighted by Crippen LogP contribution is 2.37. The Morgan fingerprint density at radius 2 is 2.24 bits per heavy atom. The summed E-state index contributed by atoms with van der Waals surface area (Å²) < 4.78 is 0. The maximum absolute atomic E-state index is 12.2. The predicted molar refractivity (Wildman–Crippen MR) is 80.3 cm³/mol. The Hall–Kier alpha value is -1.91. The summed E-state index contributed by atoms with van der Waals surface area (Å²) in [6.45, 7) is 1.97. The van der Waals surface area contributed by atoms with Gasteiger partial charge < -0.3 is 10.3 Å². The fourth-order valence-corrected chi connectivity index (χ4v) is 2.76. The molecule has 1 fully saturated rings.